The van der Waals surface area contributed by atoms with Crippen molar-refractivity contribution in [3.8, 4) is 0 Å². The summed E-state index contributed by atoms with van der Waals surface area (Å²) in [6, 6.07) is 5.73. The van der Waals surface area contributed by atoms with Gasteiger partial charge in [-0.3, -0.25) is 9.40 Å². The summed E-state index contributed by atoms with van der Waals surface area (Å²) in [6.07, 6.45) is 6.05. The number of aromatic nitrogens is 2. The fraction of sp³-hybridized carbons (Fsp3) is 0.357. The first-order valence-corrected chi connectivity index (χ1v) is 8.44. The van der Waals surface area contributed by atoms with Gasteiger partial charge in [0.2, 0.25) is 0 Å². The molecular weight excluding hydrogens is 288 g/mol. The maximum atomic E-state index is 12.3. The Morgan fingerprint density at radius 2 is 2.10 bits per heavy atom. The van der Waals surface area contributed by atoms with Crippen molar-refractivity contribution in [1.82, 2.24) is 9.78 Å². The predicted octanol–water partition coefficient (Wildman–Crippen LogP) is 1.13. The van der Waals surface area contributed by atoms with E-state index < -0.39 is 10.0 Å². The summed E-state index contributed by atoms with van der Waals surface area (Å²) in [5, 5.41) is 3.99. The van der Waals surface area contributed by atoms with Gasteiger partial charge in [-0.25, -0.2) is 8.42 Å². The minimum atomic E-state index is -3.60. The Labute approximate surface area is 124 Å². The van der Waals surface area contributed by atoms with Crippen molar-refractivity contribution in [2.75, 3.05) is 11.3 Å². The maximum absolute atomic E-state index is 12.3. The Kier molecular flexibility index (Phi) is 3.69. The van der Waals surface area contributed by atoms with Crippen molar-refractivity contribution in [2.24, 2.45) is 5.73 Å². The first kappa shape index (κ1) is 14.1. The number of benzene rings is 1. The Morgan fingerprint density at radius 3 is 2.90 bits per heavy atom. The molecule has 7 heteroatoms. The maximum Gasteiger partial charge on any atom is 0.265 e. The molecule has 1 aliphatic rings. The van der Waals surface area contributed by atoms with Crippen LogP contribution < -0.4 is 10.5 Å². The summed E-state index contributed by atoms with van der Waals surface area (Å²) in [7, 11) is -3.60. The number of nitrogens with zero attached hydrogens (tertiary/aromatic N) is 2. The van der Waals surface area contributed by atoms with Crippen molar-refractivity contribution in [2.45, 2.75) is 30.7 Å². The molecule has 0 atom stereocenters. The van der Waals surface area contributed by atoms with Crippen LogP contribution in [0.15, 0.2) is 35.5 Å². The molecule has 0 radical (unpaired) electrons. The number of anilines is 1. The molecular formula is C14H18N4O2S. The summed E-state index contributed by atoms with van der Waals surface area (Å²) in [6.45, 7) is 0.910. The highest BCUT2D eigenvalue weighted by Crippen LogP contribution is 2.26. The van der Waals surface area contributed by atoms with Gasteiger partial charge < -0.3 is 5.73 Å². The molecule has 0 fully saturated rings. The molecule has 0 unspecified atom stereocenters. The van der Waals surface area contributed by atoms with Gasteiger partial charge in [-0.2, -0.15) is 5.10 Å². The molecule has 6 nitrogen and oxygen atoms in total. The summed E-state index contributed by atoms with van der Waals surface area (Å²) >= 11 is 0. The molecule has 0 amide bonds. The van der Waals surface area contributed by atoms with E-state index in [9.17, 15) is 8.42 Å². The molecule has 1 aromatic heterocycles. The highest BCUT2D eigenvalue weighted by atomic mass is 32.2. The second kappa shape index (κ2) is 5.50. The van der Waals surface area contributed by atoms with Gasteiger partial charge in [-0.05, 0) is 42.5 Å². The number of nitrogens with two attached hydrogens (primary N) is 1. The van der Waals surface area contributed by atoms with Crippen LogP contribution >= 0.6 is 0 Å². The molecule has 1 aromatic carbocycles. The van der Waals surface area contributed by atoms with Crippen molar-refractivity contribution in [3.63, 3.8) is 0 Å². The lowest BCUT2D eigenvalue weighted by Crippen LogP contribution is -2.13. The smallest absolute Gasteiger partial charge is 0.265 e. The molecule has 1 aliphatic carbocycles. The van der Waals surface area contributed by atoms with E-state index in [1.54, 1.807) is 0 Å². The van der Waals surface area contributed by atoms with Crippen molar-refractivity contribution in [1.29, 1.82) is 0 Å². The standard InChI is InChI=1S/C14H18N4O2S/c15-6-7-18-10-14(9-16-18)21(19,20)17-13-5-4-11-2-1-3-12(11)8-13/h4-5,8-10,17H,1-3,6-7,15H2. The van der Waals surface area contributed by atoms with E-state index in [4.69, 9.17) is 5.73 Å². The van der Waals surface area contributed by atoms with Crippen molar-refractivity contribution < 1.29 is 8.42 Å². The molecule has 0 spiro atoms. The summed E-state index contributed by atoms with van der Waals surface area (Å²) < 4.78 is 28.8. The molecule has 2 aromatic rings. The van der Waals surface area contributed by atoms with Crippen LogP contribution in [-0.4, -0.2) is 24.7 Å². The van der Waals surface area contributed by atoms with Gasteiger partial charge in [-0.1, -0.05) is 6.07 Å². The largest absolute Gasteiger partial charge is 0.329 e. The highest BCUT2D eigenvalue weighted by molar-refractivity contribution is 7.92. The number of fused-ring (bicyclic) bond motifs is 1. The van der Waals surface area contributed by atoms with Crippen LogP contribution in [0.3, 0.4) is 0 Å². The van der Waals surface area contributed by atoms with Crippen LogP contribution in [0.1, 0.15) is 17.5 Å². The average molecular weight is 306 g/mol. The van der Waals surface area contributed by atoms with Crippen LogP contribution in [0.2, 0.25) is 0 Å². The molecule has 1 heterocycles. The van der Waals surface area contributed by atoms with E-state index in [0.29, 0.717) is 18.8 Å². The number of rotatable bonds is 5. The lowest BCUT2D eigenvalue weighted by atomic mass is 10.1. The van der Waals surface area contributed by atoms with Crippen LogP contribution in [-0.2, 0) is 29.4 Å². The number of nitrogens with one attached hydrogen (secondary N) is 1. The fourth-order valence-corrected chi connectivity index (χ4v) is 3.59. The minimum absolute atomic E-state index is 0.149. The molecule has 0 aliphatic heterocycles. The van der Waals surface area contributed by atoms with Gasteiger partial charge in [0.25, 0.3) is 10.0 Å². The Hall–Kier alpha value is -1.86. The van der Waals surface area contributed by atoms with E-state index in [2.05, 4.69) is 9.82 Å². The Bertz CT molecular complexity index is 752. The van der Waals surface area contributed by atoms with Crippen LogP contribution in [0.25, 0.3) is 0 Å². The van der Waals surface area contributed by atoms with Gasteiger partial charge >= 0.3 is 0 Å². The molecule has 112 valence electrons. The monoisotopic (exact) mass is 306 g/mol. The second-order valence-electron chi connectivity index (χ2n) is 5.17. The van der Waals surface area contributed by atoms with E-state index in [1.807, 2.05) is 18.2 Å². The first-order valence-electron chi connectivity index (χ1n) is 6.95. The Morgan fingerprint density at radius 1 is 1.29 bits per heavy atom. The zero-order valence-electron chi connectivity index (χ0n) is 11.6. The van der Waals surface area contributed by atoms with Crippen molar-refractivity contribution in [3.05, 3.63) is 41.7 Å². The van der Waals surface area contributed by atoms with E-state index in [-0.39, 0.29) is 4.90 Å². The predicted molar refractivity (Wildman–Crippen MR) is 80.6 cm³/mol. The van der Waals surface area contributed by atoms with Gasteiger partial charge in [0.05, 0.1) is 12.7 Å². The second-order valence-corrected chi connectivity index (χ2v) is 6.85. The van der Waals surface area contributed by atoms with Gasteiger partial charge in [-0.15, -0.1) is 0 Å². The van der Waals surface area contributed by atoms with E-state index in [1.165, 1.54) is 28.2 Å². The first-order chi connectivity index (χ1) is 10.1. The highest BCUT2D eigenvalue weighted by Gasteiger charge is 2.18. The normalized spacial score (nSPS) is 14.1. The molecule has 0 saturated heterocycles. The molecule has 0 saturated carbocycles. The third kappa shape index (κ3) is 2.93. The number of sulfonamides is 1. The number of hydrogen-bond acceptors (Lipinski definition) is 4. The molecule has 3 N–H and O–H groups in total. The molecule has 3 rings (SSSR count). The zero-order chi connectivity index (χ0) is 14.9. The van der Waals surface area contributed by atoms with Crippen LogP contribution in [0.4, 0.5) is 5.69 Å². The molecule has 21 heavy (non-hydrogen) atoms. The quantitative estimate of drug-likeness (QED) is 0.866. The average Bonchev–Trinajstić information content (AvgIpc) is 3.07. The molecule has 0 bridgehead atoms. The lowest BCUT2D eigenvalue weighted by Gasteiger charge is -2.08. The van der Waals surface area contributed by atoms with Gasteiger partial charge in [0.1, 0.15) is 4.90 Å². The SMILES string of the molecule is NCCn1cc(S(=O)(=O)Nc2ccc3c(c2)CCC3)cn1. The van der Waals surface area contributed by atoms with Gasteiger partial charge in [0, 0.05) is 18.4 Å². The number of aryl methyl sites for hydroxylation is 2. The summed E-state index contributed by atoms with van der Waals surface area (Å²) in [5.74, 6) is 0. The van der Waals surface area contributed by atoms with Crippen LogP contribution in [0.5, 0.6) is 0 Å². The third-order valence-corrected chi connectivity index (χ3v) is 4.96. The van der Waals surface area contributed by atoms with Gasteiger partial charge in [0.15, 0.2) is 0 Å². The van der Waals surface area contributed by atoms with Crippen molar-refractivity contribution >= 4 is 15.7 Å². The minimum Gasteiger partial charge on any atom is -0.329 e. The van der Waals surface area contributed by atoms with Crippen LogP contribution in [0, 0.1) is 0 Å². The fourth-order valence-electron chi connectivity index (χ4n) is 2.59. The zero-order valence-corrected chi connectivity index (χ0v) is 12.4. The van der Waals surface area contributed by atoms with E-state index >= 15 is 0 Å². The van der Waals surface area contributed by atoms with E-state index in [0.717, 1.165) is 19.3 Å². The summed E-state index contributed by atoms with van der Waals surface area (Å²) in [5.41, 5.74) is 8.57. The summed E-state index contributed by atoms with van der Waals surface area (Å²) in [4.78, 5) is 0.149. The number of hydrogen-bond donors (Lipinski definition) is 2. The topological polar surface area (TPSA) is 90.0 Å². The lowest BCUT2D eigenvalue weighted by molar-refractivity contribution is 0.599. The Balaban J connectivity index is 1.82. The third-order valence-electron chi connectivity index (χ3n) is 3.63.